The third-order valence-electron chi connectivity index (χ3n) is 8.13. The van der Waals surface area contributed by atoms with Crippen molar-refractivity contribution in [2.24, 2.45) is 23.1 Å². The number of guanidine groups is 2. The minimum atomic E-state index is -0.538. The van der Waals surface area contributed by atoms with Gasteiger partial charge in [0.2, 0.25) is 0 Å². The van der Waals surface area contributed by atoms with Crippen molar-refractivity contribution in [3.8, 4) is 16.9 Å². The van der Waals surface area contributed by atoms with Crippen molar-refractivity contribution >= 4 is 34.6 Å². The van der Waals surface area contributed by atoms with Crippen LogP contribution in [0.3, 0.4) is 0 Å². The van der Waals surface area contributed by atoms with Gasteiger partial charge in [-0.1, -0.05) is 23.7 Å². The number of hydrogen-bond acceptors (Lipinski definition) is 5. The molecule has 1 fully saturated rings. The second-order valence-electron chi connectivity index (χ2n) is 11.6. The molecule has 0 spiro atoms. The Balaban J connectivity index is 1.38. The number of rotatable bonds is 10. The predicted molar refractivity (Wildman–Crippen MR) is 173 cm³/mol. The molecule has 0 saturated carbocycles. The minimum Gasteiger partial charge on any atom is -0.370 e. The fourth-order valence-corrected chi connectivity index (χ4v) is 6.16. The predicted octanol–water partition coefficient (Wildman–Crippen LogP) is 3.97. The van der Waals surface area contributed by atoms with Crippen LogP contribution in [0.5, 0.6) is 0 Å². The maximum Gasteiger partial charge on any atom is 0.354 e. The van der Waals surface area contributed by atoms with E-state index in [2.05, 4.69) is 15.3 Å². The van der Waals surface area contributed by atoms with Gasteiger partial charge < -0.3 is 32.4 Å². The van der Waals surface area contributed by atoms with E-state index in [0.29, 0.717) is 41.1 Å². The average Bonchev–Trinajstić information content (AvgIpc) is 3.58. The monoisotopic (exact) mass is 620 g/mol. The Morgan fingerprint density at radius 3 is 2.66 bits per heavy atom. The van der Waals surface area contributed by atoms with Crippen LogP contribution in [0.1, 0.15) is 49.8 Å². The minimum absolute atomic E-state index is 0.00338. The third-order valence-corrected chi connectivity index (χ3v) is 8.41. The number of fused-ring (bicyclic) bond motifs is 1. The molecule has 13 heteroatoms. The first kappa shape index (κ1) is 31.0. The SMILES string of the molecule is C[C@H](N)CCCc1cc(Cl)c(F)c(-c2cc3cn(-c4ccc([C@@H]5CC(CCNC(=N)N)CN5C(=N)N)cc4)c(=O)nc3[nH]2)c1. The third kappa shape index (κ3) is 6.87. The molecular formula is C31H38ClFN10O. The van der Waals surface area contributed by atoms with Crippen LogP contribution >= 0.6 is 11.6 Å². The number of aromatic amines is 1. The quantitative estimate of drug-likeness (QED) is 0.103. The van der Waals surface area contributed by atoms with Crippen molar-refractivity contribution in [3.05, 3.63) is 81.1 Å². The first-order valence-corrected chi connectivity index (χ1v) is 15.0. The molecule has 1 aliphatic rings. The molecular weight excluding hydrogens is 583 g/mol. The van der Waals surface area contributed by atoms with E-state index in [1.807, 2.05) is 36.1 Å². The topological polar surface area (TPSA) is 192 Å². The number of nitrogens with one attached hydrogen (secondary N) is 4. The lowest BCUT2D eigenvalue weighted by atomic mass is 9.97. The summed E-state index contributed by atoms with van der Waals surface area (Å²) in [5.41, 5.74) is 20.3. The zero-order chi connectivity index (χ0) is 31.5. The van der Waals surface area contributed by atoms with Crippen LogP contribution in [0.2, 0.25) is 5.02 Å². The summed E-state index contributed by atoms with van der Waals surface area (Å²) >= 11 is 6.25. The highest BCUT2D eigenvalue weighted by Crippen LogP contribution is 2.37. The lowest BCUT2D eigenvalue weighted by Gasteiger charge is -2.25. The summed E-state index contributed by atoms with van der Waals surface area (Å²) in [6.07, 6.45) is 5.71. The maximum atomic E-state index is 15.1. The fraction of sp³-hybridized carbons (Fsp3) is 0.355. The van der Waals surface area contributed by atoms with Gasteiger partial charge in [-0.25, -0.2) is 9.18 Å². The number of benzene rings is 2. The summed E-state index contributed by atoms with van der Waals surface area (Å²) in [5.74, 6) is -0.318. The Labute approximate surface area is 259 Å². The number of H-pyrrole nitrogens is 1. The summed E-state index contributed by atoms with van der Waals surface area (Å²) in [4.78, 5) is 22.2. The molecule has 2 aromatic carbocycles. The molecule has 11 nitrogen and oxygen atoms in total. The van der Waals surface area contributed by atoms with Gasteiger partial charge in [-0.3, -0.25) is 15.4 Å². The summed E-state index contributed by atoms with van der Waals surface area (Å²) in [5, 5.41) is 18.9. The van der Waals surface area contributed by atoms with E-state index in [-0.39, 0.29) is 34.9 Å². The largest absolute Gasteiger partial charge is 0.370 e. The van der Waals surface area contributed by atoms with Gasteiger partial charge in [-0.15, -0.1) is 0 Å². The molecule has 3 atom stereocenters. The van der Waals surface area contributed by atoms with Gasteiger partial charge in [0.25, 0.3) is 0 Å². The Kier molecular flexibility index (Phi) is 9.21. The summed E-state index contributed by atoms with van der Waals surface area (Å²) < 4.78 is 16.6. The molecule has 3 heterocycles. The lowest BCUT2D eigenvalue weighted by molar-refractivity contribution is 0.388. The summed E-state index contributed by atoms with van der Waals surface area (Å²) in [7, 11) is 0. The number of halogens is 2. The zero-order valence-corrected chi connectivity index (χ0v) is 25.3. The first-order valence-electron chi connectivity index (χ1n) is 14.6. The van der Waals surface area contributed by atoms with E-state index in [1.54, 1.807) is 24.4 Å². The first-order chi connectivity index (χ1) is 21.0. The summed E-state index contributed by atoms with van der Waals surface area (Å²) in [6.45, 7) is 3.17. The fourth-order valence-electron chi connectivity index (χ4n) is 5.92. The molecule has 0 aliphatic carbocycles. The number of aryl methyl sites for hydroxylation is 1. The van der Waals surface area contributed by atoms with Crippen molar-refractivity contribution in [1.29, 1.82) is 10.8 Å². The molecule has 1 aliphatic heterocycles. The number of hydrogen-bond donors (Lipinski definition) is 7. The normalized spacial score (nSPS) is 17.2. The van der Waals surface area contributed by atoms with Gasteiger partial charge in [0.05, 0.1) is 22.4 Å². The zero-order valence-electron chi connectivity index (χ0n) is 24.5. The Morgan fingerprint density at radius 1 is 1.23 bits per heavy atom. The van der Waals surface area contributed by atoms with Crippen LogP contribution in [0.15, 0.2) is 53.5 Å². The molecule has 0 amide bonds. The van der Waals surface area contributed by atoms with E-state index in [1.165, 1.54) is 4.57 Å². The molecule has 4 aromatic rings. The van der Waals surface area contributed by atoms with Crippen molar-refractivity contribution < 1.29 is 4.39 Å². The van der Waals surface area contributed by atoms with Gasteiger partial charge in [0.1, 0.15) is 5.65 Å². The molecule has 1 unspecified atom stereocenters. The van der Waals surface area contributed by atoms with Crippen LogP contribution in [0, 0.1) is 22.6 Å². The second-order valence-corrected chi connectivity index (χ2v) is 12.0. The van der Waals surface area contributed by atoms with E-state index in [9.17, 15) is 4.79 Å². The van der Waals surface area contributed by atoms with Crippen molar-refractivity contribution in [2.45, 2.75) is 51.1 Å². The molecule has 10 N–H and O–H groups in total. The molecule has 1 saturated heterocycles. The molecule has 2 aromatic heterocycles. The number of nitrogens with zero attached hydrogens (tertiary/aromatic N) is 3. The highest BCUT2D eigenvalue weighted by atomic mass is 35.5. The summed E-state index contributed by atoms with van der Waals surface area (Å²) in [6, 6.07) is 12.7. The van der Waals surface area contributed by atoms with Crippen molar-refractivity contribution in [1.82, 2.24) is 24.8 Å². The van der Waals surface area contributed by atoms with Crippen LogP contribution < -0.4 is 28.2 Å². The Hall–Kier alpha value is -4.42. The highest BCUT2D eigenvalue weighted by molar-refractivity contribution is 6.31. The number of aromatic nitrogens is 3. The molecule has 5 rings (SSSR count). The van der Waals surface area contributed by atoms with Gasteiger partial charge in [0, 0.05) is 36.3 Å². The molecule has 232 valence electrons. The lowest BCUT2D eigenvalue weighted by Crippen LogP contribution is -2.36. The van der Waals surface area contributed by atoms with Gasteiger partial charge in [0.15, 0.2) is 17.7 Å². The molecule has 0 bridgehead atoms. The molecule has 0 radical (unpaired) electrons. The van der Waals surface area contributed by atoms with Crippen LogP contribution in [-0.4, -0.2) is 50.5 Å². The van der Waals surface area contributed by atoms with E-state index in [0.717, 1.165) is 43.2 Å². The maximum absolute atomic E-state index is 15.1. The molecule has 44 heavy (non-hydrogen) atoms. The number of nitrogens with two attached hydrogens (primary N) is 3. The van der Waals surface area contributed by atoms with Crippen LogP contribution in [0.4, 0.5) is 4.39 Å². The van der Waals surface area contributed by atoms with Crippen LogP contribution in [-0.2, 0) is 6.42 Å². The van der Waals surface area contributed by atoms with Gasteiger partial charge >= 0.3 is 5.69 Å². The smallest absolute Gasteiger partial charge is 0.354 e. The Bertz CT molecular complexity index is 1730. The van der Waals surface area contributed by atoms with Crippen molar-refractivity contribution in [3.63, 3.8) is 0 Å². The highest BCUT2D eigenvalue weighted by Gasteiger charge is 2.33. The standard InChI is InChI=1S/C31H38ClFN10O/c1-17(34)3-2-4-18-11-23(27(33)24(32)12-18)25-14-21-16-42(31(44)41-28(21)40-25)22-7-5-20(6-8-22)26-13-19(9-10-39-29(35)36)15-43(26)30(37)38/h5-8,11-12,14,16-17,19,26H,2-4,9-10,13,15,34H2,1H3,(H3,37,38)(H4,35,36,39)(H,40,41,44)/t17-,19?,26-/m0/s1. The van der Waals surface area contributed by atoms with Gasteiger partial charge in [-0.2, -0.15) is 4.98 Å². The van der Waals surface area contributed by atoms with Gasteiger partial charge in [-0.05, 0) is 86.4 Å². The number of likely N-dealkylation sites (tertiary alicyclic amines) is 1. The van der Waals surface area contributed by atoms with Crippen LogP contribution in [0.25, 0.3) is 28.0 Å². The average molecular weight is 621 g/mol. The Morgan fingerprint density at radius 2 is 1.98 bits per heavy atom. The van der Waals surface area contributed by atoms with E-state index in [4.69, 9.17) is 39.6 Å². The second kappa shape index (κ2) is 13.1. The van der Waals surface area contributed by atoms with E-state index < -0.39 is 11.5 Å². The van der Waals surface area contributed by atoms with Crippen molar-refractivity contribution in [2.75, 3.05) is 13.1 Å². The van der Waals surface area contributed by atoms with E-state index >= 15 is 4.39 Å².